The normalized spacial score (nSPS) is 27.5. The Hall–Kier alpha value is -1.95. The lowest BCUT2D eigenvalue weighted by Gasteiger charge is -2.39. The van der Waals surface area contributed by atoms with Crippen molar-refractivity contribution < 1.29 is 4.92 Å². The van der Waals surface area contributed by atoms with Gasteiger partial charge in [0.25, 0.3) is 5.69 Å². The molecule has 0 saturated carbocycles. The topological polar surface area (TPSA) is 70.8 Å². The molecule has 1 aromatic carbocycles. The molecule has 0 amide bonds. The van der Waals surface area contributed by atoms with E-state index in [0.717, 1.165) is 12.2 Å². The second-order valence-corrected chi connectivity index (χ2v) is 5.07. The molecule has 0 aliphatic carbocycles. The van der Waals surface area contributed by atoms with Gasteiger partial charge in [0.2, 0.25) is 0 Å². The largest absolute Gasteiger partial charge is 0.298 e. The molecule has 0 spiro atoms. The third kappa shape index (κ3) is 2.58. The standard InChI is InChI=1S/C13H16N4O2/c18-17(19)12-3-1-11(2-4-12)14-15-13-9-16-7-5-10(13)6-8-16/h1-4,10,14H,5-9H2/b15-13-. The van der Waals surface area contributed by atoms with E-state index in [-0.39, 0.29) is 5.69 Å². The lowest BCUT2D eigenvalue weighted by atomic mass is 9.87. The van der Waals surface area contributed by atoms with Crippen LogP contribution in [0.2, 0.25) is 0 Å². The monoisotopic (exact) mass is 260 g/mol. The number of hydrogen-bond donors (Lipinski definition) is 1. The first-order chi connectivity index (χ1) is 9.22. The van der Waals surface area contributed by atoms with Crippen molar-refractivity contribution in [3.05, 3.63) is 34.4 Å². The van der Waals surface area contributed by atoms with Crippen LogP contribution in [0.3, 0.4) is 0 Å². The summed E-state index contributed by atoms with van der Waals surface area (Å²) in [7, 11) is 0. The van der Waals surface area contributed by atoms with Crippen molar-refractivity contribution in [2.75, 3.05) is 25.1 Å². The van der Waals surface area contributed by atoms with Crippen LogP contribution in [0.25, 0.3) is 0 Å². The number of rotatable bonds is 3. The molecule has 6 nitrogen and oxygen atoms in total. The van der Waals surface area contributed by atoms with E-state index in [9.17, 15) is 10.1 Å². The molecule has 1 aromatic rings. The van der Waals surface area contributed by atoms with Crippen LogP contribution in [0, 0.1) is 16.0 Å². The van der Waals surface area contributed by atoms with Gasteiger partial charge in [-0.05, 0) is 38.1 Å². The molecule has 0 atom stereocenters. The Balaban J connectivity index is 1.67. The fourth-order valence-corrected chi connectivity index (χ4v) is 2.70. The highest BCUT2D eigenvalue weighted by Crippen LogP contribution is 2.25. The van der Waals surface area contributed by atoms with Gasteiger partial charge in [0.05, 0.1) is 16.3 Å². The SMILES string of the molecule is O=[N+]([O-])c1ccc(N/N=C2/CN3CCC2CC3)cc1. The van der Waals surface area contributed by atoms with Crippen LogP contribution in [0.1, 0.15) is 12.8 Å². The van der Waals surface area contributed by atoms with Crippen LogP contribution in [0.5, 0.6) is 0 Å². The molecule has 19 heavy (non-hydrogen) atoms. The summed E-state index contributed by atoms with van der Waals surface area (Å²) in [6.07, 6.45) is 2.39. The number of nitro benzene ring substituents is 1. The summed E-state index contributed by atoms with van der Waals surface area (Å²) >= 11 is 0. The van der Waals surface area contributed by atoms with Crippen molar-refractivity contribution in [3.8, 4) is 0 Å². The van der Waals surface area contributed by atoms with Crippen molar-refractivity contribution in [1.82, 2.24) is 4.90 Å². The fraction of sp³-hybridized carbons (Fsp3) is 0.462. The molecule has 0 radical (unpaired) electrons. The number of piperidine rings is 3. The third-order valence-electron chi connectivity index (χ3n) is 3.85. The lowest BCUT2D eigenvalue weighted by molar-refractivity contribution is -0.384. The Kier molecular flexibility index (Phi) is 3.16. The number of fused-ring (bicyclic) bond motifs is 3. The summed E-state index contributed by atoms with van der Waals surface area (Å²) in [5.41, 5.74) is 5.09. The summed E-state index contributed by atoms with van der Waals surface area (Å²) in [5, 5.41) is 15.0. The number of nitrogens with one attached hydrogen (secondary N) is 1. The zero-order valence-corrected chi connectivity index (χ0v) is 10.6. The Labute approximate surface area is 111 Å². The first-order valence-corrected chi connectivity index (χ1v) is 6.51. The summed E-state index contributed by atoms with van der Waals surface area (Å²) in [5.74, 6) is 0.607. The molecule has 6 heteroatoms. The number of benzene rings is 1. The van der Waals surface area contributed by atoms with Crippen molar-refractivity contribution in [2.24, 2.45) is 11.0 Å². The molecule has 3 aliphatic heterocycles. The van der Waals surface area contributed by atoms with E-state index in [1.165, 1.54) is 43.8 Å². The van der Waals surface area contributed by atoms with Crippen LogP contribution < -0.4 is 5.43 Å². The zero-order chi connectivity index (χ0) is 13.2. The number of hydrazone groups is 1. The number of anilines is 1. The highest BCUT2D eigenvalue weighted by molar-refractivity contribution is 5.90. The summed E-state index contributed by atoms with van der Waals surface area (Å²) in [4.78, 5) is 12.6. The van der Waals surface area contributed by atoms with Crippen molar-refractivity contribution >= 4 is 17.1 Å². The minimum absolute atomic E-state index is 0.0982. The van der Waals surface area contributed by atoms with Crippen molar-refractivity contribution in [1.29, 1.82) is 0 Å². The smallest absolute Gasteiger partial charge is 0.269 e. The Morgan fingerprint density at radius 3 is 2.47 bits per heavy atom. The predicted molar refractivity (Wildman–Crippen MR) is 73.3 cm³/mol. The molecule has 0 unspecified atom stereocenters. The van der Waals surface area contributed by atoms with Crippen molar-refractivity contribution in [3.63, 3.8) is 0 Å². The van der Waals surface area contributed by atoms with E-state index in [1.807, 2.05) is 0 Å². The van der Waals surface area contributed by atoms with Crippen LogP contribution >= 0.6 is 0 Å². The average molecular weight is 260 g/mol. The second-order valence-electron chi connectivity index (χ2n) is 5.07. The Bertz CT molecular complexity index is 504. The van der Waals surface area contributed by atoms with Crippen LogP contribution in [-0.4, -0.2) is 35.2 Å². The van der Waals surface area contributed by atoms with Crippen LogP contribution in [0.4, 0.5) is 11.4 Å². The molecule has 100 valence electrons. The highest BCUT2D eigenvalue weighted by atomic mass is 16.6. The maximum absolute atomic E-state index is 10.6. The van der Waals surface area contributed by atoms with E-state index in [2.05, 4.69) is 15.4 Å². The van der Waals surface area contributed by atoms with E-state index < -0.39 is 4.92 Å². The molecule has 3 heterocycles. The number of non-ortho nitro benzene ring substituents is 1. The van der Waals surface area contributed by atoms with Gasteiger partial charge >= 0.3 is 0 Å². The van der Waals surface area contributed by atoms with E-state index >= 15 is 0 Å². The number of nitro groups is 1. The number of hydrogen-bond acceptors (Lipinski definition) is 5. The maximum atomic E-state index is 10.6. The molecule has 4 rings (SSSR count). The third-order valence-corrected chi connectivity index (χ3v) is 3.85. The molecule has 2 bridgehead atoms. The van der Waals surface area contributed by atoms with Gasteiger partial charge in [0.1, 0.15) is 0 Å². The van der Waals surface area contributed by atoms with E-state index in [4.69, 9.17) is 0 Å². The van der Waals surface area contributed by atoms with Crippen LogP contribution in [-0.2, 0) is 0 Å². The van der Waals surface area contributed by atoms with Gasteiger partial charge in [-0.3, -0.25) is 20.4 Å². The second kappa shape index (κ2) is 4.97. The molecule has 3 fully saturated rings. The maximum Gasteiger partial charge on any atom is 0.269 e. The zero-order valence-electron chi connectivity index (χ0n) is 10.6. The molecule has 0 aromatic heterocycles. The summed E-state index contributed by atoms with van der Waals surface area (Å²) in [6, 6.07) is 6.34. The van der Waals surface area contributed by atoms with Gasteiger partial charge in [-0.15, -0.1) is 0 Å². The summed E-state index contributed by atoms with van der Waals surface area (Å²) in [6.45, 7) is 3.31. The quantitative estimate of drug-likeness (QED) is 0.667. The molecule has 3 aliphatic rings. The minimum atomic E-state index is -0.400. The fourth-order valence-electron chi connectivity index (χ4n) is 2.70. The van der Waals surface area contributed by atoms with Gasteiger partial charge in [0, 0.05) is 24.6 Å². The first-order valence-electron chi connectivity index (χ1n) is 6.51. The molecular formula is C13H16N4O2. The summed E-state index contributed by atoms with van der Waals surface area (Å²) < 4.78 is 0. The highest BCUT2D eigenvalue weighted by Gasteiger charge is 2.30. The predicted octanol–water partition coefficient (Wildman–Crippen LogP) is 2.09. The van der Waals surface area contributed by atoms with Gasteiger partial charge < -0.3 is 0 Å². The van der Waals surface area contributed by atoms with Crippen molar-refractivity contribution in [2.45, 2.75) is 12.8 Å². The van der Waals surface area contributed by atoms with E-state index in [0.29, 0.717) is 5.92 Å². The minimum Gasteiger partial charge on any atom is -0.298 e. The van der Waals surface area contributed by atoms with Crippen LogP contribution in [0.15, 0.2) is 29.4 Å². The van der Waals surface area contributed by atoms with Gasteiger partial charge in [-0.1, -0.05) is 0 Å². The molecule has 3 saturated heterocycles. The first kappa shape index (κ1) is 12.1. The van der Waals surface area contributed by atoms with Gasteiger partial charge in [-0.25, -0.2) is 0 Å². The van der Waals surface area contributed by atoms with Gasteiger partial charge in [-0.2, -0.15) is 5.10 Å². The van der Waals surface area contributed by atoms with Gasteiger partial charge in [0.15, 0.2) is 0 Å². The Morgan fingerprint density at radius 1 is 1.26 bits per heavy atom. The Morgan fingerprint density at radius 2 is 1.95 bits per heavy atom. The molecule has 1 N–H and O–H groups in total. The lowest BCUT2D eigenvalue weighted by Crippen LogP contribution is -2.48. The number of nitrogens with zero attached hydrogens (tertiary/aromatic N) is 3. The average Bonchev–Trinajstić information content (AvgIpc) is 2.47. The van der Waals surface area contributed by atoms with E-state index in [1.54, 1.807) is 12.1 Å². The molecular weight excluding hydrogens is 244 g/mol.